The molecule has 3 nitrogen and oxygen atoms in total. The lowest BCUT2D eigenvalue weighted by Crippen LogP contribution is -2.04. The standard InChI is InChI=1S/C14H13ClFN3S/c1-8-7-19-13(9(2)18-14(19)20-8)6-17-12-4-3-10(16)5-11(12)15/h3-5,7,17H,6H2,1-2H3. The van der Waals surface area contributed by atoms with Crippen LogP contribution in [0.2, 0.25) is 5.02 Å². The van der Waals surface area contributed by atoms with Crippen LogP contribution in [0.15, 0.2) is 24.4 Å². The number of hydrogen-bond donors (Lipinski definition) is 1. The van der Waals surface area contributed by atoms with Crippen molar-refractivity contribution in [2.75, 3.05) is 5.32 Å². The number of nitrogens with zero attached hydrogens (tertiary/aromatic N) is 2. The molecule has 0 bridgehead atoms. The Morgan fingerprint density at radius 3 is 2.95 bits per heavy atom. The van der Waals surface area contributed by atoms with Crippen LogP contribution in [0.3, 0.4) is 0 Å². The summed E-state index contributed by atoms with van der Waals surface area (Å²) in [6.07, 6.45) is 2.07. The number of halogens is 2. The Labute approximate surface area is 125 Å². The van der Waals surface area contributed by atoms with Gasteiger partial charge < -0.3 is 5.32 Å². The van der Waals surface area contributed by atoms with Gasteiger partial charge in [0.1, 0.15) is 5.82 Å². The molecule has 20 heavy (non-hydrogen) atoms. The van der Waals surface area contributed by atoms with Crippen LogP contribution in [0.25, 0.3) is 4.96 Å². The van der Waals surface area contributed by atoms with Gasteiger partial charge in [-0.05, 0) is 32.0 Å². The number of imidazole rings is 1. The van der Waals surface area contributed by atoms with Gasteiger partial charge in [-0.25, -0.2) is 9.37 Å². The maximum absolute atomic E-state index is 13.0. The molecule has 1 N–H and O–H groups in total. The molecule has 2 aromatic heterocycles. The Balaban J connectivity index is 1.87. The summed E-state index contributed by atoms with van der Waals surface area (Å²) in [5.74, 6) is -0.336. The predicted octanol–water partition coefficient (Wildman–Crippen LogP) is 4.42. The third-order valence-electron chi connectivity index (χ3n) is 3.12. The summed E-state index contributed by atoms with van der Waals surface area (Å²) in [4.78, 5) is 6.74. The molecule has 0 unspecified atom stereocenters. The van der Waals surface area contributed by atoms with E-state index in [4.69, 9.17) is 11.6 Å². The molecule has 3 rings (SSSR count). The van der Waals surface area contributed by atoms with E-state index in [1.165, 1.54) is 17.0 Å². The summed E-state index contributed by atoms with van der Waals surface area (Å²) in [7, 11) is 0. The molecular formula is C14H13ClFN3S. The minimum atomic E-state index is -0.336. The zero-order valence-electron chi connectivity index (χ0n) is 11.1. The van der Waals surface area contributed by atoms with Crippen LogP contribution >= 0.6 is 22.9 Å². The highest BCUT2D eigenvalue weighted by Gasteiger charge is 2.11. The van der Waals surface area contributed by atoms with E-state index >= 15 is 0 Å². The Morgan fingerprint density at radius 2 is 2.20 bits per heavy atom. The van der Waals surface area contributed by atoms with Gasteiger partial charge >= 0.3 is 0 Å². The van der Waals surface area contributed by atoms with Gasteiger partial charge in [0.15, 0.2) is 4.96 Å². The van der Waals surface area contributed by atoms with Crippen molar-refractivity contribution >= 4 is 33.6 Å². The number of aromatic nitrogens is 2. The highest BCUT2D eigenvalue weighted by Crippen LogP contribution is 2.25. The molecule has 0 saturated carbocycles. The third kappa shape index (κ3) is 2.39. The highest BCUT2D eigenvalue weighted by molar-refractivity contribution is 7.17. The fraction of sp³-hybridized carbons (Fsp3) is 0.214. The third-order valence-corrected chi connectivity index (χ3v) is 4.33. The van der Waals surface area contributed by atoms with E-state index in [9.17, 15) is 4.39 Å². The quantitative estimate of drug-likeness (QED) is 0.776. The van der Waals surface area contributed by atoms with Crippen molar-refractivity contribution in [2.24, 2.45) is 0 Å². The predicted molar refractivity (Wildman–Crippen MR) is 81.3 cm³/mol. The van der Waals surface area contributed by atoms with Crippen molar-refractivity contribution in [3.05, 3.63) is 51.5 Å². The smallest absolute Gasteiger partial charge is 0.194 e. The summed E-state index contributed by atoms with van der Waals surface area (Å²) in [6.45, 7) is 4.63. The molecule has 0 spiro atoms. The lowest BCUT2D eigenvalue weighted by Gasteiger charge is -2.08. The maximum atomic E-state index is 13.0. The molecule has 0 atom stereocenters. The van der Waals surface area contributed by atoms with Crippen LogP contribution < -0.4 is 5.32 Å². The van der Waals surface area contributed by atoms with Gasteiger partial charge in [0.05, 0.1) is 28.6 Å². The fourth-order valence-corrected chi connectivity index (χ4v) is 3.26. The van der Waals surface area contributed by atoms with Crippen LogP contribution in [0.1, 0.15) is 16.3 Å². The average molecular weight is 310 g/mol. The van der Waals surface area contributed by atoms with Crippen molar-refractivity contribution < 1.29 is 4.39 Å². The lowest BCUT2D eigenvalue weighted by molar-refractivity contribution is 0.628. The van der Waals surface area contributed by atoms with E-state index in [1.54, 1.807) is 17.4 Å². The van der Waals surface area contributed by atoms with Crippen LogP contribution in [0, 0.1) is 19.7 Å². The van der Waals surface area contributed by atoms with Crippen LogP contribution in [0.5, 0.6) is 0 Å². The monoisotopic (exact) mass is 309 g/mol. The van der Waals surface area contributed by atoms with Crippen molar-refractivity contribution in [1.29, 1.82) is 0 Å². The number of nitrogens with one attached hydrogen (secondary N) is 1. The fourth-order valence-electron chi connectivity index (χ4n) is 2.13. The second kappa shape index (κ2) is 5.07. The molecule has 0 aliphatic carbocycles. The molecule has 0 saturated heterocycles. The molecular weight excluding hydrogens is 297 g/mol. The Hall–Kier alpha value is -1.59. The summed E-state index contributed by atoms with van der Waals surface area (Å²) in [6, 6.07) is 4.34. The molecule has 0 aliphatic heterocycles. The second-order valence-corrected chi connectivity index (χ2v) is 6.24. The van der Waals surface area contributed by atoms with Gasteiger partial charge in [0.2, 0.25) is 0 Å². The van der Waals surface area contributed by atoms with E-state index < -0.39 is 0 Å². The first-order chi connectivity index (χ1) is 9.54. The van der Waals surface area contributed by atoms with Gasteiger partial charge in [-0.2, -0.15) is 0 Å². The average Bonchev–Trinajstić information content (AvgIpc) is 2.84. The molecule has 0 radical (unpaired) electrons. The topological polar surface area (TPSA) is 29.3 Å². The molecule has 104 valence electrons. The van der Waals surface area contributed by atoms with Crippen LogP contribution in [-0.4, -0.2) is 9.38 Å². The Morgan fingerprint density at radius 1 is 1.40 bits per heavy atom. The minimum Gasteiger partial charge on any atom is -0.378 e. The SMILES string of the molecule is Cc1cn2c(CNc3ccc(F)cc3Cl)c(C)nc2s1. The Bertz CT molecular complexity index is 778. The van der Waals surface area contributed by atoms with Crippen molar-refractivity contribution in [3.63, 3.8) is 0 Å². The molecule has 0 fully saturated rings. The first kappa shape index (κ1) is 13.4. The van der Waals surface area contributed by atoms with Gasteiger partial charge in [-0.15, -0.1) is 11.3 Å². The normalized spacial score (nSPS) is 11.2. The highest BCUT2D eigenvalue weighted by atomic mass is 35.5. The maximum Gasteiger partial charge on any atom is 0.194 e. The minimum absolute atomic E-state index is 0.336. The van der Waals surface area contributed by atoms with Crippen molar-refractivity contribution in [3.8, 4) is 0 Å². The summed E-state index contributed by atoms with van der Waals surface area (Å²) >= 11 is 7.67. The number of thiazole rings is 1. The summed E-state index contributed by atoms with van der Waals surface area (Å²) in [5.41, 5.74) is 2.79. The second-order valence-electron chi connectivity index (χ2n) is 4.62. The van der Waals surface area contributed by atoms with Gasteiger partial charge in [-0.1, -0.05) is 11.6 Å². The van der Waals surface area contributed by atoms with Crippen LogP contribution in [-0.2, 0) is 6.54 Å². The van der Waals surface area contributed by atoms with Gasteiger partial charge in [0, 0.05) is 11.1 Å². The summed E-state index contributed by atoms with van der Waals surface area (Å²) < 4.78 is 15.1. The number of rotatable bonds is 3. The number of anilines is 1. The number of benzene rings is 1. The molecule has 3 aromatic rings. The Kier molecular flexibility index (Phi) is 3.40. The van der Waals surface area contributed by atoms with E-state index in [0.29, 0.717) is 11.6 Å². The van der Waals surface area contributed by atoms with Crippen molar-refractivity contribution in [2.45, 2.75) is 20.4 Å². The number of aryl methyl sites for hydroxylation is 2. The van der Waals surface area contributed by atoms with Gasteiger partial charge in [-0.3, -0.25) is 4.40 Å². The molecule has 6 heteroatoms. The first-order valence-electron chi connectivity index (χ1n) is 6.17. The molecule has 1 aromatic carbocycles. The summed E-state index contributed by atoms with van der Waals surface area (Å²) in [5, 5.41) is 3.61. The zero-order chi connectivity index (χ0) is 14.3. The van der Waals surface area contributed by atoms with E-state index in [2.05, 4.69) is 27.8 Å². The molecule has 0 amide bonds. The van der Waals surface area contributed by atoms with Gasteiger partial charge in [0.25, 0.3) is 0 Å². The number of fused-ring (bicyclic) bond motifs is 1. The largest absolute Gasteiger partial charge is 0.378 e. The lowest BCUT2D eigenvalue weighted by atomic mass is 10.3. The zero-order valence-corrected chi connectivity index (χ0v) is 12.6. The number of hydrogen-bond acceptors (Lipinski definition) is 3. The molecule has 2 heterocycles. The van der Waals surface area contributed by atoms with E-state index in [-0.39, 0.29) is 5.82 Å². The molecule has 0 aliphatic rings. The van der Waals surface area contributed by atoms with E-state index in [1.807, 2.05) is 6.92 Å². The van der Waals surface area contributed by atoms with Crippen molar-refractivity contribution in [1.82, 2.24) is 9.38 Å². The van der Waals surface area contributed by atoms with Crippen LogP contribution in [0.4, 0.5) is 10.1 Å². The first-order valence-corrected chi connectivity index (χ1v) is 7.37. The van der Waals surface area contributed by atoms with E-state index in [0.717, 1.165) is 22.0 Å².